The maximum atomic E-state index is 12.5. The lowest BCUT2D eigenvalue weighted by atomic mass is 10.2. The molecule has 0 aliphatic rings. The summed E-state index contributed by atoms with van der Waals surface area (Å²) < 4.78 is 10.6. The van der Waals surface area contributed by atoms with Crippen LogP contribution in [0.25, 0.3) is 5.69 Å². The highest BCUT2D eigenvalue weighted by molar-refractivity contribution is 5.97. The van der Waals surface area contributed by atoms with E-state index in [-0.39, 0.29) is 5.69 Å². The SMILES string of the molecule is CCOc1ccc(NC(=O)C(C)OC(=O)c2nn(-c3ccccc3)nc2C)cc1. The number of esters is 1. The lowest BCUT2D eigenvalue weighted by molar-refractivity contribution is -0.123. The number of nitrogens with one attached hydrogen (secondary N) is 1. The van der Waals surface area contributed by atoms with Crippen molar-refractivity contribution in [3.63, 3.8) is 0 Å². The summed E-state index contributed by atoms with van der Waals surface area (Å²) in [6, 6.07) is 16.1. The second-order valence-corrected chi connectivity index (χ2v) is 6.25. The molecule has 1 atom stereocenters. The lowest BCUT2D eigenvalue weighted by Gasteiger charge is -2.13. The second-order valence-electron chi connectivity index (χ2n) is 6.25. The molecule has 0 spiro atoms. The summed E-state index contributed by atoms with van der Waals surface area (Å²) in [7, 11) is 0. The molecule has 1 amide bonds. The third kappa shape index (κ3) is 4.98. The van der Waals surface area contributed by atoms with Gasteiger partial charge >= 0.3 is 5.97 Å². The van der Waals surface area contributed by atoms with Crippen molar-refractivity contribution in [1.82, 2.24) is 15.0 Å². The number of para-hydroxylation sites is 1. The van der Waals surface area contributed by atoms with Crippen LogP contribution in [0, 0.1) is 6.92 Å². The molecule has 3 aromatic rings. The predicted octanol–water partition coefficient (Wildman–Crippen LogP) is 3.16. The second kappa shape index (κ2) is 9.01. The van der Waals surface area contributed by atoms with Crippen molar-refractivity contribution in [2.75, 3.05) is 11.9 Å². The molecule has 8 nitrogen and oxygen atoms in total. The van der Waals surface area contributed by atoms with Crippen molar-refractivity contribution < 1.29 is 19.1 Å². The average molecular weight is 394 g/mol. The number of nitrogens with zero attached hydrogens (tertiary/aromatic N) is 3. The van der Waals surface area contributed by atoms with E-state index in [2.05, 4.69) is 15.5 Å². The first-order valence-corrected chi connectivity index (χ1v) is 9.22. The first kappa shape index (κ1) is 20.1. The van der Waals surface area contributed by atoms with Crippen LogP contribution in [0.2, 0.25) is 0 Å². The minimum atomic E-state index is -1.00. The smallest absolute Gasteiger partial charge is 0.361 e. The zero-order chi connectivity index (χ0) is 20.8. The van der Waals surface area contributed by atoms with Crippen molar-refractivity contribution in [2.45, 2.75) is 26.9 Å². The molecule has 8 heteroatoms. The number of hydrogen-bond acceptors (Lipinski definition) is 6. The van der Waals surface area contributed by atoms with Gasteiger partial charge in [0, 0.05) is 5.69 Å². The number of ether oxygens (including phenoxy) is 2. The van der Waals surface area contributed by atoms with E-state index in [1.54, 1.807) is 31.2 Å². The molecule has 1 N–H and O–H groups in total. The fourth-order valence-corrected chi connectivity index (χ4v) is 2.56. The van der Waals surface area contributed by atoms with Gasteiger partial charge in [-0.05, 0) is 57.2 Å². The highest BCUT2D eigenvalue weighted by Crippen LogP contribution is 2.16. The van der Waals surface area contributed by atoms with E-state index < -0.39 is 18.0 Å². The van der Waals surface area contributed by atoms with E-state index in [0.29, 0.717) is 23.7 Å². The Morgan fingerprint density at radius 2 is 1.76 bits per heavy atom. The Morgan fingerprint density at radius 3 is 2.41 bits per heavy atom. The molecule has 29 heavy (non-hydrogen) atoms. The lowest BCUT2D eigenvalue weighted by Crippen LogP contribution is -2.30. The average Bonchev–Trinajstić information content (AvgIpc) is 3.12. The quantitative estimate of drug-likeness (QED) is 0.619. The zero-order valence-corrected chi connectivity index (χ0v) is 16.5. The number of hydrogen-bond donors (Lipinski definition) is 1. The van der Waals surface area contributed by atoms with E-state index in [1.807, 2.05) is 37.3 Å². The van der Waals surface area contributed by atoms with Gasteiger partial charge < -0.3 is 14.8 Å². The van der Waals surface area contributed by atoms with Crippen molar-refractivity contribution in [3.8, 4) is 11.4 Å². The number of carbonyl (C=O) groups excluding carboxylic acids is 2. The van der Waals surface area contributed by atoms with Gasteiger partial charge in [-0.1, -0.05) is 18.2 Å². The Hall–Kier alpha value is -3.68. The third-order valence-corrected chi connectivity index (χ3v) is 4.05. The molecule has 1 heterocycles. The molecule has 1 unspecified atom stereocenters. The van der Waals surface area contributed by atoms with Gasteiger partial charge in [-0.3, -0.25) is 4.79 Å². The van der Waals surface area contributed by atoms with Crippen LogP contribution < -0.4 is 10.1 Å². The summed E-state index contributed by atoms with van der Waals surface area (Å²) in [5, 5.41) is 11.1. The minimum absolute atomic E-state index is 0.0644. The van der Waals surface area contributed by atoms with Crippen LogP contribution in [0.3, 0.4) is 0 Å². The number of carbonyl (C=O) groups is 2. The highest BCUT2D eigenvalue weighted by Gasteiger charge is 2.23. The Labute approximate surface area is 168 Å². The monoisotopic (exact) mass is 394 g/mol. The predicted molar refractivity (Wildman–Crippen MR) is 107 cm³/mol. The van der Waals surface area contributed by atoms with Crippen LogP contribution in [-0.4, -0.2) is 39.6 Å². The molecule has 0 fully saturated rings. The van der Waals surface area contributed by atoms with Gasteiger partial charge in [0.25, 0.3) is 5.91 Å². The van der Waals surface area contributed by atoms with Gasteiger partial charge in [0.1, 0.15) is 5.75 Å². The van der Waals surface area contributed by atoms with Crippen LogP contribution in [0.1, 0.15) is 30.0 Å². The Kier molecular flexibility index (Phi) is 6.23. The fraction of sp³-hybridized carbons (Fsp3) is 0.238. The molecule has 0 aliphatic carbocycles. The van der Waals surface area contributed by atoms with Crippen molar-refractivity contribution in [2.24, 2.45) is 0 Å². The van der Waals surface area contributed by atoms with Crippen molar-refractivity contribution >= 4 is 17.6 Å². The molecule has 150 valence electrons. The normalized spacial score (nSPS) is 11.6. The summed E-state index contributed by atoms with van der Waals surface area (Å²) in [6.07, 6.45) is -1.00. The minimum Gasteiger partial charge on any atom is -0.494 e. The molecule has 0 bridgehead atoms. The molecule has 3 rings (SSSR count). The van der Waals surface area contributed by atoms with Gasteiger partial charge in [0.15, 0.2) is 11.8 Å². The largest absolute Gasteiger partial charge is 0.494 e. The van der Waals surface area contributed by atoms with Gasteiger partial charge in [-0.15, -0.1) is 5.10 Å². The van der Waals surface area contributed by atoms with E-state index in [1.165, 1.54) is 11.7 Å². The summed E-state index contributed by atoms with van der Waals surface area (Å²) in [5.74, 6) is -0.448. The van der Waals surface area contributed by atoms with Crippen molar-refractivity contribution in [3.05, 3.63) is 66.0 Å². The maximum Gasteiger partial charge on any atom is 0.361 e. The molecule has 0 saturated heterocycles. The van der Waals surface area contributed by atoms with Crippen LogP contribution in [-0.2, 0) is 9.53 Å². The molecule has 0 aliphatic heterocycles. The highest BCUT2D eigenvalue weighted by atomic mass is 16.5. The van der Waals surface area contributed by atoms with Crippen LogP contribution in [0.15, 0.2) is 54.6 Å². The molecule has 0 saturated carbocycles. The third-order valence-electron chi connectivity index (χ3n) is 4.05. The van der Waals surface area contributed by atoms with Gasteiger partial charge in [-0.2, -0.15) is 9.90 Å². The zero-order valence-electron chi connectivity index (χ0n) is 16.5. The van der Waals surface area contributed by atoms with E-state index in [4.69, 9.17) is 9.47 Å². The van der Waals surface area contributed by atoms with Gasteiger partial charge in [0.2, 0.25) is 0 Å². The number of benzene rings is 2. The van der Waals surface area contributed by atoms with Gasteiger partial charge in [0.05, 0.1) is 18.0 Å². The number of amides is 1. The molecule has 1 aromatic heterocycles. The van der Waals surface area contributed by atoms with Crippen LogP contribution >= 0.6 is 0 Å². The molecule has 0 radical (unpaired) electrons. The molecule has 2 aromatic carbocycles. The Balaban J connectivity index is 1.62. The summed E-state index contributed by atoms with van der Waals surface area (Å²) in [5.41, 5.74) is 1.77. The van der Waals surface area contributed by atoms with E-state index in [9.17, 15) is 9.59 Å². The Bertz CT molecular complexity index is 984. The summed E-state index contributed by atoms with van der Waals surface area (Å²) in [6.45, 7) is 5.62. The topological polar surface area (TPSA) is 95.3 Å². The number of aryl methyl sites for hydroxylation is 1. The van der Waals surface area contributed by atoms with Crippen LogP contribution in [0.4, 0.5) is 5.69 Å². The first-order valence-electron chi connectivity index (χ1n) is 9.22. The first-order chi connectivity index (χ1) is 14.0. The number of rotatable bonds is 7. The van der Waals surface area contributed by atoms with Gasteiger partial charge in [-0.25, -0.2) is 4.79 Å². The van der Waals surface area contributed by atoms with Crippen molar-refractivity contribution in [1.29, 1.82) is 0 Å². The van der Waals surface area contributed by atoms with Crippen LogP contribution in [0.5, 0.6) is 5.75 Å². The fourth-order valence-electron chi connectivity index (χ4n) is 2.56. The molecular formula is C21H22N4O4. The number of anilines is 1. The van der Waals surface area contributed by atoms with E-state index in [0.717, 1.165) is 5.69 Å². The number of aromatic nitrogens is 3. The summed E-state index contributed by atoms with van der Waals surface area (Å²) >= 11 is 0. The Morgan fingerprint density at radius 1 is 1.07 bits per heavy atom. The summed E-state index contributed by atoms with van der Waals surface area (Å²) in [4.78, 5) is 26.2. The maximum absolute atomic E-state index is 12.5. The standard InChI is InChI=1S/C21H22N4O4/c1-4-28-18-12-10-16(11-13-18)22-20(26)15(3)29-21(27)19-14(2)23-25(24-19)17-8-6-5-7-9-17/h5-13,15H,4H2,1-3H3,(H,22,26). The molecular weight excluding hydrogens is 372 g/mol. The van der Waals surface area contributed by atoms with E-state index >= 15 is 0 Å².